The summed E-state index contributed by atoms with van der Waals surface area (Å²) in [5.41, 5.74) is 1.23. The first-order chi connectivity index (χ1) is 12.7. The highest BCUT2D eigenvalue weighted by molar-refractivity contribution is 7.99. The fourth-order valence-corrected chi connectivity index (χ4v) is 3.46. The number of nitrogens with one attached hydrogen (secondary N) is 1. The van der Waals surface area contributed by atoms with E-state index in [4.69, 9.17) is 9.47 Å². The van der Waals surface area contributed by atoms with Gasteiger partial charge in [-0.15, -0.1) is 11.8 Å². The predicted octanol–water partition coefficient (Wildman–Crippen LogP) is 2.77. The number of anilines is 1. The van der Waals surface area contributed by atoms with Crippen molar-refractivity contribution in [3.05, 3.63) is 48.2 Å². The third-order valence-electron chi connectivity index (χ3n) is 4.09. The molecule has 0 radical (unpaired) electrons. The molecule has 7 heteroatoms. The first-order valence-corrected chi connectivity index (χ1v) is 9.57. The van der Waals surface area contributed by atoms with Crippen molar-refractivity contribution in [2.45, 2.75) is 5.03 Å². The number of pyridine rings is 1. The van der Waals surface area contributed by atoms with E-state index in [9.17, 15) is 4.79 Å². The van der Waals surface area contributed by atoms with Crippen LogP contribution in [0.1, 0.15) is 10.4 Å². The summed E-state index contributed by atoms with van der Waals surface area (Å²) in [7, 11) is 1.60. The van der Waals surface area contributed by atoms with E-state index in [0.29, 0.717) is 17.0 Å². The van der Waals surface area contributed by atoms with Crippen LogP contribution in [-0.2, 0) is 4.74 Å². The van der Waals surface area contributed by atoms with Crippen LogP contribution in [0.4, 0.5) is 5.69 Å². The standard InChI is InChI=1S/C19H23N3O3S/c1-24-17-4-2-3-16(13-17)21-19(23)15-5-6-18(20-14-15)26-12-9-22-7-10-25-11-8-22/h2-6,13-14H,7-12H2,1H3,(H,21,23). The van der Waals surface area contributed by atoms with E-state index < -0.39 is 0 Å². The number of carbonyl (C=O) groups excluding carboxylic acids is 1. The molecule has 1 N–H and O–H groups in total. The third-order valence-corrected chi connectivity index (χ3v) is 5.01. The monoisotopic (exact) mass is 373 g/mol. The number of aromatic nitrogens is 1. The van der Waals surface area contributed by atoms with E-state index in [2.05, 4.69) is 15.2 Å². The maximum Gasteiger partial charge on any atom is 0.257 e. The molecule has 1 fully saturated rings. The summed E-state index contributed by atoms with van der Waals surface area (Å²) in [6, 6.07) is 11.0. The average Bonchev–Trinajstić information content (AvgIpc) is 2.69. The molecule has 1 saturated heterocycles. The van der Waals surface area contributed by atoms with Gasteiger partial charge in [0.1, 0.15) is 5.75 Å². The lowest BCUT2D eigenvalue weighted by atomic mass is 10.2. The number of morpholine rings is 1. The summed E-state index contributed by atoms with van der Waals surface area (Å²) in [5, 5.41) is 3.78. The third kappa shape index (κ3) is 5.45. The molecule has 138 valence electrons. The summed E-state index contributed by atoms with van der Waals surface area (Å²) in [5.74, 6) is 1.49. The molecule has 0 unspecified atom stereocenters. The molecule has 0 atom stereocenters. The molecule has 1 aliphatic heterocycles. The van der Waals surface area contributed by atoms with Crippen LogP contribution < -0.4 is 10.1 Å². The maximum absolute atomic E-state index is 12.3. The lowest BCUT2D eigenvalue weighted by Crippen LogP contribution is -2.37. The molecule has 1 aliphatic rings. The minimum Gasteiger partial charge on any atom is -0.497 e. The van der Waals surface area contributed by atoms with Crippen LogP contribution in [0.5, 0.6) is 5.75 Å². The average molecular weight is 373 g/mol. The van der Waals surface area contributed by atoms with Crippen molar-refractivity contribution in [2.75, 3.05) is 51.0 Å². The van der Waals surface area contributed by atoms with Crippen LogP contribution in [0.25, 0.3) is 0 Å². The van der Waals surface area contributed by atoms with Crippen molar-refractivity contribution in [3.8, 4) is 5.75 Å². The second-order valence-corrected chi connectivity index (χ2v) is 6.99. The van der Waals surface area contributed by atoms with Gasteiger partial charge in [-0.2, -0.15) is 0 Å². The fourth-order valence-electron chi connectivity index (χ4n) is 2.61. The Morgan fingerprint density at radius 2 is 2.15 bits per heavy atom. The predicted molar refractivity (Wildman–Crippen MR) is 103 cm³/mol. The van der Waals surface area contributed by atoms with Crippen molar-refractivity contribution in [3.63, 3.8) is 0 Å². The number of benzene rings is 1. The normalized spacial score (nSPS) is 14.8. The van der Waals surface area contributed by atoms with E-state index in [-0.39, 0.29) is 5.91 Å². The molecule has 1 aromatic carbocycles. The molecule has 0 aliphatic carbocycles. The molecular formula is C19H23N3O3S. The van der Waals surface area contributed by atoms with Crippen molar-refractivity contribution >= 4 is 23.4 Å². The Kier molecular flexibility index (Phi) is 6.88. The first kappa shape index (κ1) is 18.7. The number of nitrogens with zero attached hydrogens (tertiary/aromatic N) is 2. The SMILES string of the molecule is COc1cccc(NC(=O)c2ccc(SCCN3CCOCC3)nc2)c1. The van der Waals surface area contributed by atoms with Gasteiger partial charge >= 0.3 is 0 Å². The molecule has 1 amide bonds. The van der Waals surface area contributed by atoms with Gasteiger partial charge in [-0.05, 0) is 24.3 Å². The van der Waals surface area contributed by atoms with Crippen LogP contribution in [-0.4, -0.2) is 61.5 Å². The number of methoxy groups -OCH3 is 1. The Balaban J connectivity index is 1.49. The van der Waals surface area contributed by atoms with E-state index in [1.54, 1.807) is 37.2 Å². The second kappa shape index (κ2) is 9.56. The topological polar surface area (TPSA) is 63.7 Å². The smallest absolute Gasteiger partial charge is 0.257 e. The molecule has 0 spiro atoms. The molecule has 3 rings (SSSR count). The quantitative estimate of drug-likeness (QED) is 0.753. The highest BCUT2D eigenvalue weighted by Gasteiger charge is 2.11. The molecule has 26 heavy (non-hydrogen) atoms. The molecule has 2 heterocycles. The Labute approximate surface area is 157 Å². The highest BCUT2D eigenvalue weighted by Crippen LogP contribution is 2.19. The fraction of sp³-hybridized carbons (Fsp3) is 0.368. The lowest BCUT2D eigenvalue weighted by molar-refractivity contribution is 0.0410. The summed E-state index contributed by atoms with van der Waals surface area (Å²) >= 11 is 1.70. The summed E-state index contributed by atoms with van der Waals surface area (Å²) < 4.78 is 10.5. The van der Waals surface area contributed by atoms with Gasteiger partial charge < -0.3 is 14.8 Å². The molecule has 1 aromatic heterocycles. The number of hydrogen-bond acceptors (Lipinski definition) is 6. The largest absolute Gasteiger partial charge is 0.497 e. The number of thioether (sulfide) groups is 1. The zero-order valence-corrected chi connectivity index (χ0v) is 15.6. The van der Waals surface area contributed by atoms with Crippen molar-refractivity contribution < 1.29 is 14.3 Å². The van der Waals surface area contributed by atoms with Gasteiger partial charge in [0.2, 0.25) is 0 Å². The molecule has 6 nitrogen and oxygen atoms in total. The van der Waals surface area contributed by atoms with Gasteiger partial charge in [0, 0.05) is 43.3 Å². The van der Waals surface area contributed by atoms with Gasteiger partial charge in [-0.1, -0.05) is 6.07 Å². The Bertz CT molecular complexity index is 718. The zero-order valence-electron chi connectivity index (χ0n) is 14.8. The van der Waals surface area contributed by atoms with Crippen molar-refractivity contribution in [1.29, 1.82) is 0 Å². The van der Waals surface area contributed by atoms with E-state index >= 15 is 0 Å². The number of hydrogen-bond donors (Lipinski definition) is 1. The number of carbonyl (C=O) groups is 1. The summed E-state index contributed by atoms with van der Waals surface area (Å²) in [4.78, 5) is 19.1. The van der Waals surface area contributed by atoms with Crippen LogP contribution in [0.3, 0.4) is 0 Å². The number of ether oxygens (including phenoxy) is 2. The van der Waals surface area contributed by atoms with Crippen LogP contribution >= 0.6 is 11.8 Å². The maximum atomic E-state index is 12.3. The number of rotatable bonds is 7. The van der Waals surface area contributed by atoms with Gasteiger partial charge in [0.05, 0.1) is 30.9 Å². The van der Waals surface area contributed by atoms with Crippen LogP contribution in [0.15, 0.2) is 47.6 Å². The first-order valence-electron chi connectivity index (χ1n) is 8.59. The number of amides is 1. The van der Waals surface area contributed by atoms with Gasteiger partial charge in [-0.25, -0.2) is 4.98 Å². The molecule has 0 bridgehead atoms. The van der Waals surface area contributed by atoms with E-state index in [0.717, 1.165) is 43.6 Å². The Morgan fingerprint density at radius 1 is 1.31 bits per heavy atom. The Morgan fingerprint density at radius 3 is 2.88 bits per heavy atom. The molecular weight excluding hydrogens is 350 g/mol. The van der Waals surface area contributed by atoms with E-state index in [1.165, 1.54) is 0 Å². The van der Waals surface area contributed by atoms with Crippen LogP contribution in [0.2, 0.25) is 0 Å². The summed E-state index contributed by atoms with van der Waals surface area (Å²) in [6.07, 6.45) is 1.62. The van der Waals surface area contributed by atoms with E-state index in [1.807, 2.05) is 24.3 Å². The molecule has 2 aromatic rings. The van der Waals surface area contributed by atoms with Crippen LogP contribution in [0, 0.1) is 0 Å². The van der Waals surface area contributed by atoms with Crippen molar-refractivity contribution in [1.82, 2.24) is 9.88 Å². The minimum atomic E-state index is -0.185. The van der Waals surface area contributed by atoms with Gasteiger partial charge in [-0.3, -0.25) is 9.69 Å². The van der Waals surface area contributed by atoms with Crippen molar-refractivity contribution in [2.24, 2.45) is 0 Å². The molecule has 0 saturated carbocycles. The second-order valence-electron chi connectivity index (χ2n) is 5.87. The minimum absolute atomic E-state index is 0.185. The zero-order chi connectivity index (χ0) is 18.2. The van der Waals surface area contributed by atoms with Gasteiger partial charge in [0.25, 0.3) is 5.91 Å². The summed E-state index contributed by atoms with van der Waals surface area (Å²) in [6.45, 7) is 4.66. The Hall–Kier alpha value is -2.09. The highest BCUT2D eigenvalue weighted by atomic mass is 32.2. The lowest BCUT2D eigenvalue weighted by Gasteiger charge is -2.26. The van der Waals surface area contributed by atoms with Gasteiger partial charge in [0.15, 0.2) is 0 Å².